The van der Waals surface area contributed by atoms with Gasteiger partial charge in [-0.05, 0) is 84.4 Å². The quantitative estimate of drug-likeness (QED) is 0.140. The van der Waals surface area contributed by atoms with E-state index >= 15 is 0 Å². The number of hydrogen-bond acceptors (Lipinski definition) is 12. The Kier molecular flexibility index (Phi) is 15.3. The van der Waals surface area contributed by atoms with Gasteiger partial charge in [0.1, 0.15) is 10.1 Å². The van der Waals surface area contributed by atoms with E-state index in [1.807, 2.05) is 9.80 Å². The molecule has 2 aliphatic rings. The van der Waals surface area contributed by atoms with Crippen LogP contribution >= 0.6 is 45.1 Å². The Morgan fingerprint density at radius 3 is 1.50 bits per heavy atom. The van der Waals surface area contributed by atoms with E-state index in [-0.39, 0.29) is 23.6 Å². The number of aromatic nitrogens is 2. The number of thioether (sulfide) groups is 2. The topological polar surface area (TPSA) is 177 Å². The van der Waals surface area contributed by atoms with E-state index in [4.69, 9.17) is 11.5 Å². The summed E-state index contributed by atoms with van der Waals surface area (Å²) >= 11 is 3.48. The third-order valence-electron chi connectivity index (χ3n) is 7.43. The highest BCUT2D eigenvalue weighted by atomic mass is 33.1. The molecule has 4 heterocycles. The van der Waals surface area contributed by atoms with Crippen molar-refractivity contribution in [2.45, 2.75) is 60.7 Å². The summed E-state index contributed by atoms with van der Waals surface area (Å²) in [5.74, 6) is 3.01. The molecule has 2 aromatic heterocycles. The van der Waals surface area contributed by atoms with Crippen LogP contribution in [0.15, 0.2) is 46.7 Å². The third-order valence-corrected chi connectivity index (χ3v) is 11.5. The van der Waals surface area contributed by atoms with E-state index < -0.39 is 12.1 Å². The van der Waals surface area contributed by atoms with Crippen LogP contribution in [0, 0.1) is 0 Å². The number of rotatable bonds is 17. The maximum Gasteiger partial charge on any atom is 0.252 e. The van der Waals surface area contributed by atoms with Crippen molar-refractivity contribution in [3.05, 3.63) is 47.8 Å². The molecular weight excluding hydrogens is 665 g/mol. The van der Waals surface area contributed by atoms with E-state index in [1.165, 1.54) is 21.6 Å². The lowest BCUT2D eigenvalue weighted by Crippen LogP contribution is -2.42. The molecule has 2 aliphatic heterocycles. The molecule has 2 atom stereocenters. The minimum absolute atomic E-state index is 0.0130. The summed E-state index contributed by atoms with van der Waals surface area (Å²) in [6.45, 7) is 2.54. The highest BCUT2D eigenvalue weighted by Crippen LogP contribution is 2.35. The fourth-order valence-corrected chi connectivity index (χ4v) is 8.32. The lowest BCUT2D eigenvalue weighted by atomic mass is 10.1. The number of pyridine rings is 2. The monoisotopic (exact) mass is 706 g/mol. The number of unbranched alkanes of at least 4 members (excludes halogenated alkanes) is 2. The largest absolute Gasteiger partial charge is 0.352 e. The number of carbonyl (C=O) groups excluding carboxylic acids is 4. The average Bonchev–Trinajstić information content (AvgIpc) is 3.82. The number of carbonyl (C=O) groups is 4. The van der Waals surface area contributed by atoms with Gasteiger partial charge in [0.15, 0.2) is 0 Å². The van der Waals surface area contributed by atoms with Gasteiger partial charge in [-0.15, -0.1) is 23.5 Å². The molecule has 0 aromatic carbocycles. The van der Waals surface area contributed by atoms with Crippen LogP contribution < -0.4 is 22.1 Å². The summed E-state index contributed by atoms with van der Waals surface area (Å²) in [5, 5.41) is 7.23. The summed E-state index contributed by atoms with van der Waals surface area (Å²) < 4.78 is 0. The zero-order valence-electron chi connectivity index (χ0n) is 25.7. The van der Waals surface area contributed by atoms with E-state index in [9.17, 15) is 19.2 Å². The molecule has 6 N–H and O–H groups in total. The van der Waals surface area contributed by atoms with Crippen molar-refractivity contribution in [3.63, 3.8) is 0 Å². The lowest BCUT2D eigenvalue weighted by molar-refractivity contribution is -0.132. The van der Waals surface area contributed by atoms with Crippen LogP contribution in [0.25, 0.3) is 0 Å². The predicted octanol–water partition coefficient (Wildman–Crippen LogP) is 2.80. The van der Waals surface area contributed by atoms with Gasteiger partial charge in [0.25, 0.3) is 11.8 Å². The molecule has 0 radical (unpaired) electrons. The van der Waals surface area contributed by atoms with Crippen molar-refractivity contribution in [2.24, 2.45) is 11.5 Å². The second-order valence-electron chi connectivity index (χ2n) is 10.9. The fourth-order valence-electron chi connectivity index (χ4n) is 4.69. The maximum absolute atomic E-state index is 12.5. The molecule has 16 heteroatoms. The third kappa shape index (κ3) is 11.6. The van der Waals surface area contributed by atoms with Gasteiger partial charge in [-0.25, -0.2) is 9.97 Å². The smallest absolute Gasteiger partial charge is 0.252 e. The molecule has 0 aliphatic carbocycles. The highest BCUT2D eigenvalue weighted by Gasteiger charge is 2.24. The molecule has 4 rings (SSSR count). The Bertz CT molecular complexity index is 1190. The average molecular weight is 707 g/mol. The first kappa shape index (κ1) is 36.3. The number of nitrogens with two attached hydrogens (primary N) is 2. The second-order valence-corrected chi connectivity index (χ2v) is 15.3. The Morgan fingerprint density at radius 1 is 0.717 bits per heavy atom. The zero-order valence-corrected chi connectivity index (χ0v) is 29.0. The lowest BCUT2D eigenvalue weighted by Gasteiger charge is -2.19. The standard InChI is InChI=1S/C30H42N8O4S4/c31-23(29(41)37-13-15-43-19-37)5-1-3-11-33-27(39)21-7-9-25(35-17-21)45-46-26-10-8-22(18-36-26)28(40)34-12-4-2-6-24(32)30(42)38-14-16-44-20-38/h7-10,17-18,23-24H,1-6,11-16,19-20,31-32H2,(H,33,39)(H,34,40). The molecule has 2 fully saturated rings. The zero-order chi connectivity index (χ0) is 32.7. The SMILES string of the molecule is NC(CCCCNC(=O)c1ccc(SSc2ccc(C(=O)NCCCCC(N)C(=O)N3CCSC3)cn2)nc1)C(=O)N1CCSC1. The fraction of sp³-hybridized carbons (Fsp3) is 0.533. The van der Waals surface area contributed by atoms with Crippen molar-refractivity contribution >= 4 is 68.7 Å². The number of amides is 4. The van der Waals surface area contributed by atoms with Crippen LogP contribution in [0.5, 0.6) is 0 Å². The Balaban J connectivity index is 1.07. The van der Waals surface area contributed by atoms with Gasteiger partial charge in [-0.3, -0.25) is 19.2 Å². The van der Waals surface area contributed by atoms with Crippen LogP contribution in [0.3, 0.4) is 0 Å². The van der Waals surface area contributed by atoms with Crippen LogP contribution in [-0.2, 0) is 9.59 Å². The molecule has 2 saturated heterocycles. The van der Waals surface area contributed by atoms with Gasteiger partial charge in [-0.1, -0.05) is 0 Å². The van der Waals surface area contributed by atoms with Gasteiger partial charge < -0.3 is 31.9 Å². The van der Waals surface area contributed by atoms with E-state index in [0.29, 0.717) is 37.1 Å². The molecule has 2 unspecified atom stereocenters. The molecule has 2 aromatic rings. The van der Waals surface area contributed by atoms with E-state index in [0.717, 1.165) is 72.1 Å². The van der Waals surface area contributed by atoms with Crippen molar-refractivity contribution < 1.29 is 19.2 Å². The Hall–Kier alpha value is -2.50. The number of nitrogens with zero attached hydrogens (tertiary/aromatic N) is 4. The van der Waals surface area contributed by atoms with Crippen molar-refractivity contribution in [1.29, 1.82) is 0 Å². The van der Waals surface area contributed by atoms with Gasteiger partial charge in [0, 0.05) is 50.1 Å². The van der Waals surface area contributed by atoms with Crippen LogP contribution in [0.4, 0.5) is 0 Å². The maximum atomic E-state index is 12.5. The molecule has 0 bridgehead atoms. The highest BCUT2D eigenvalue weighted by molar-refractivity contribution is 8.76. The first-order valence-electron chi connectivity index (χ1n) is 15.4. The van der Waals surface area contributed by atoms with E-state index in [2.05, 4.69) is 20.6 Å². The molecular formula is C30H42N8O4S4. The summed E-state index contributed by atoms with van der Waals surface area (Å²) in [7, 11) is 2.81. The van der Waals surface area contributed by atoms with Gasteiger partial charge >= 0.3 is 0 Å². The normalized spacial score (nSPS) is 15.9. The molecule has 46 heavy (non-hydrogen) atoms. The van der Waals surface area contributed by atoms with Gasteiger partial charge in [0.2, 0.25) is 11.8 Å². The van der Waals surface area contributed by atoms with Gasteiger partial charge in [0.05, 0.1) is 35.0 Å². The number of hydrogen-bond donors (Lipinski definition) is 4. The number of nitrogens with one attached hydrogen (secondary N) is 2. The Labute approximate surface area is 286 Å². The summed E-state index contributed by atoms with van der Waals surface area (Å²) in [6, 6.07) is 6.06. The first-order chi connectivity index (χ1) is 22.3. The molecule has 4 amide bonds. The second kappa shape index (κ2) is 19.4. The van der Waals surface area contributed by atoms with Crippen molar-refractivity contribution in [3.8, 4) is 0 Å². The minimum Gasteiger partial charge on any atom is -0.352 e. The first-order valence-corrected chi connectivity index (χ1v) is 19.8. The molecule has 0 saturated carbocycles. The predicted molar refractivity (Wildman–Crippen MR) is 187 cm³/mol. The minimum atomic E-state index is -0.482. The van der Waals surface area contributed by atoms with Crippen LogP contribution in [0.1, 0.15) is 59.2 Å². The van der Waals surface area contributed by atoms with Crippen LogP contribution in [0.2, 0.25) is 0 Å². The van der Waals surface area contributed by atoms with Crippen molar-refractivity contribution in [2.75, 3.05) is 49.4 Å². The Morgan fingerprint density at radius 2 is 1.15 bits per heavy atom. The summed E-state index contributed by atoms with van der Waals surface area (Å²) in [5.41, 5.74) is 13.0. The molecule has 12 nitrogen and oxygen atoms in total. The molecule has 0 spiro atoms. The summed E-state index contributed by atoms with van der Waals surface area (Å²) in [6.07, 6.45) is 7.29. The van der Waals surface area contributed by atoms with E-state index in [1.54, 1.807) is 60.2 Å². The van der Waals surface area contributed by atoms with Crippen LogP contribution in [-0.4, -0.2) is 105 Å². The molecule has 250 valence electrons. The van der Waals surface area contributed by atoms with Crippen molar-refractivity contribution in [1.82, 2.24) is 30.4 Å². The van der Waals surface area contributed by atoms with Gasteiger partial charge in [-0.2, -0.15) is 0 Å². The summed E-state index contributed by atoms with van der Waals surface area (Å²) in [4.78, 5) is 61.9.